The quantitative estimate of drug-likeness (QED) is 0.511. The van der Waals surface area contributed by atoms with Gasteiger partial charge in [-0.2, -0.15) is 0 Å². The molecule has 0 radical (unpaired) electrons. The van der Waals surface area contributed by atoms with Gasteiger partial charge in [0.05, 0.1) is 19.8 Å². The maximum absolute atomic E-state index is 5.35. The van der Waals surface area contributed by atoms with E-state index in [4.69, 9.17) is 9.47 Å². The summed E-state index contributed by atoms with van der Waals surface area (Å²) in [6, 6.07) is 10.3. The molecule has 1 aromatic rings. The first-order chi connectivity index (χ1) is 6.93. The molecule has 3 heteroatoms. The highest BCUT2D eigenvalue weighted by Gasteiger charge is 1.92. The Morgan fingerprint density at radius 3 is 2.57 bits per heavy atom. The van der Waals surface area contributed by atoms with Gasteiger partial charge in [-0.1, -0.05) is 18.2 Å². The minimum atomic E-state index is 0.677. The largest absolute Gasteiger partial charge is 0.382 e. The van der Waals surface area contributed by atoms with Gasteiger partial charge in [-0.3, -0.25) is 0 Å². The van der Waals surface area contributed by atoms with Crippen LogP contribution in [0.5, 0.6) is 0 Å². The van der Waals surface area contributed by atoms with Crippen LogP contribution in [0.2, 0.25) is 0 Å². The first-order valence-electron chi connectivity index (χ1n) is 4.68. The third-order valence-electron chi connectivity index (χ3n) is 1.67. The molecule has 2 nitrogen and oxygen atoms in total. The van der Waals surface area contributed by atoms with Crippen molar-refractivity contribution in [2.24, 2.45) is 0 Å². The molecule has 78 valence electrons. The summed E-state index contributed by atoms with van der Waals surface area (Å²) in [5.74, 6) is 0.994. The Kier molecular flexibility index (Phi) is 6.49. The molecule has 0 heterocycles. The predicted octanol–water partition coefficient (Wildman–Crippen LogP) is 2.44. The Morgan fingerprint density at radius 2 is 1.86 bits per heavy atom. The van der Waals surface area contributed by atoms with Crippen LogP contribution in [0, 0.1) is 0 Å². The van der Waals surface area contributed by atoms with Crippen LogP contribution in [0.15, 0.2) is 35.2 Å². The number of hydrogen-bond acceptors (Lipinski definition) is 3. The molecule has 0 bridgehead atoms. The van der Waals surface area contributed by atoms with Crippen molar-refractivity contribution >= 4 is 11.8 Å². The van der Waals surface area contributed by atoms with E-state index < -0.39 is 0 Å². The maximum Gasteiger partial charge on any atom is 0.0700 e. The molecule has 0 atom stereocenters. The van der Waals surface area contributed by atoms with E-state index in [9.17, 15) is 0 Å². The van der Waals surface area contributed by atoms with Crippen molar-refractivity contribution in [3.63, 3.8) is 0 Å². The lowest BCUT2D eigenvalue weighted by Crippen LogP contribution is -2.04. The Balaban J connectivity index is 1.99. The van der Waals surface area contributed by atoms with Crippen molar-refractivity contribution in [2.45, 2.75) is 4.90 Å². The van der Waals surface area contributed by atoms with E-state index in [2.05, 4.69) is 12.1 Å². The van der Waals surface area contributed by atoms with Crippen molar-refractivity contribution in [1.29, 1.82) is 0 Å². The van der Waals surface area contributed by atoms with Gasteiger partial charge in [-0.05, 0) is 12.1 Å². The van der Waals surface area contributed by atoms with Gasteiger partial charge in [0.1, 0.15) is 0 Å². The van der Waals surface area contributed by atoms with E-state index in [1.807, 2.05) is 30.0 Å². The van der Waals surface area contributed by atoms with Crippen LogP contribution in [0.4, 0.5) is 0 Å². The summed E-state index contributed by atoms with van der Waals surface area (Å²) in [4.78, 5) is 1.29. The fourth-order valence-electron chi connectivity index (χ4n) is 0.979. The Labute approximate surface area is 89.6 Å². The zero-order valence-electron chi connectivity index (χ0n) is 8.44. The summed E-state index contributed by atoms with van der Waals surface area (Å²) in [6.45, 7) is 2.14. The number of methoxy groups -OCH3 is 1. The molecular weight excluding hydrogens is 196 g/mol. The number of hydrogen-bond donors (Lipinski definition) is 0. The molecule has 0 saturated heterocycles. The molecule has 0 saturated carbocycles. The standard InChI is InChI=1S/C11H16O2S/c1-12-7-8-13-9-10-14-11-5-3-2-4-6-11/h2-6H,7-10H2,1H3. The lowest BCUT2D eigenvalue weighted by atomic mass is 10.4. The summed E-state index contributed by atoms with van der Waals surface area (Å²) < 4.78 is 10.2. The molecule has 0 aromatic heterocycles. The monoisotopic (exact) mass is 212 g/mol. The Bertz CT molecular complexity index is 226. The third kappa shape index (κ3) is 5.27. The van der Waals surface area contributed by atoms with Gasteiger partial charge in [-0.15, -0.1) is 11.8 Å². The molecule has 0 unspecified atom stereocenters. The van der Waals surface area contributed by atoms with E-state index in [-0.39, 0.29) is 0 Å². The molecule has 0 N–H and O–H groups in total. The van der Waals surface area contributed by atoms with Gasteiger partial charge in [0.25, 0.3) is 0 Å². The van der Waals surface area contributed by atoms with E-state index in [0.29, 0.717) is 13.2 Å². The predicted molar refractivity (Wildman–Crippen MR) is 59.9 cm³/mol. The molecule has 0 fully saturated rings. The van der Waals surface area contributed by atoms with Gasteiger partial charge >= 0.3 is 0 Å². The summed E-state index contributed by atoms with van der Waals surface area (Å²) in [5.41, 5.74) is 0. The van der Waals surface area contributed by atoms with Gasteiger partial charge in [-0.25, -0.2) is 0 Å². The summed E-state index contributed by atoms with van der Waals surface area (Å²) >= 11 is 1.81. The summed E-state index contributed by atoms with van der Waals surface area (Å²) in [6.07, 6.45) is 0. The maximum atomic E-state index is 5.35. The first-order valence-corrected chi connectivity index (χ1v) is 5.66. The topological polar surface area (TPSA) is 18.5 Å². The average molecular weight is 212 g/mol. The van der Waals surface area contributed by atoms with Crippen molar-refractivity contribution < 1.29 is 9.47 Å². The van der Waals surface area contributed by atoms with Gasteiger partial charge in [0.2, 0.25) is 0 Å². The molecule has 1 aromatic carbocycles. The van der Waals surface area contributed by atoms with Crippen LogP contribution in [0.25, 0.3) is 0 Å². The number of thioether (sulfide) groups is 1. The molecule has 14 heavy (non-hydrogen) atoms. The second-order valence-electron chi connectivity index (χ2n) is 2.77. The normalized spacial score (nSPS) is 10.4. The highest BCUT2D eigenvalue weighted by atomic mass is 32.2. The highest BCUT2D eigenvalue weighted by Crippen LogP contribution is 2.15. The Hall–Kier alpha value is -0.510. The lowest BCUT2D eigenvalue weighted by molar-refractivity contribution is 0.0790. The molecule has 0 spiro atoms. The van der Waals surface area contributed by atoms with Crippen LogP contribution in [0.1, 0.15) is 0 Å². The second kappa shape index (κ2) is 7.85. The second-order valence-corrected chi connectivity index (χ2v) is 3.94. The molecule has 0 amide bonds. The number of benzene rings is 1. The zero-order chi connectivity index (χ0) is 10.1. The smallest absolute Gasteiger partial charge is 0.0700 e. The van der Waals surface area contributed by atoms with Crippen molar-refractivity contribution in [3.05, 3.63) is 30.3 Å². The first kappa shape index (κ1) is 11.6. The average Bonchev–Trinajstić information content (AvgIpc) is 2.25. The molecule has 1 rings (SSSR count). The number of rotatable bonds is 7. The van der Waals surface area contributed by atoms with E-state index in [1.54, 1.807) is 7.11 Å². The number of ether oxygens (including phenoxy) is 2. The fraction of sp³-hybridized carbons (Fsp3) is 0.455. The fourth-order valence-corrected chi connectivity index (χ4v) is 1.77. The van der Waals surface area contributed by atoms with Gasteiger partial charge < -0.3 is 9.47 Å². The SMILES string of the molecule is COCCOCCSc1ccccc1. The minimum Gasteiger partial charge on any atom is -0.382 e. The molecule has 0 aliphatic rings. The lowest BCUT2D eigenvalue weighted by Gasteiger charge is -2.03. The third-order valence-corrected chi connectivity index (χ3v) is 2.65. The zero-order valence-corrected chi connectivity index (χ0v) is 9.26. The van der Waals surface area contributed by atoms with E-state index in [1.165, 1.54) is 4.90 Å². The van der Waals surface area contributed by atoms with Gasteiger partial charge in [0, 0.05) is 17.8 Å². The minimum absolute atomic E-state index is 0.677. The van der Waals surface area contributed by atoms with Crippen LogP contribution in [0.3, 0.4) is 0 Å². The van der Waals surface area contributed by atoms with Gasteiger partial charge in [0.15, 0.2) is 0 Å². The summed E-state index contributed by atoms with van der Waals surface area (Å²) in [7, 11) is 1.68. The van der Waals surface area contributed by atoms with Crippen molar-refractivity contribution in [2.75, 3.05) is 32.7 Å². The van der Waals surface area contributed by atoms with E-state index >= 15 is 0 Å². The van der Waals surface area contributed by atoms with Crippen LogP contribution in [-0.2, 0) is 9.47 Å². The molecule has 0 aliphatic carbocycles. The Morgan fingerprint density at radius 1 is 1.07 bits per heavy atom. The molecule has 0 aliphatic heterocycles. The van der Waals surface area contributed by atoms with Crippen LogP contribution in [-0.4, -0.2) is 32.7 Å². The van der Waals surface area contributed by atoms with Crippen LogP contribution < -0.4 is 0 Å². The highest BCUT2D eigenvalue weighted by molar-refractivity contribution is 7.99. The van der Waals surface area contributed by atoms with Crippen molar-refractivity contribution in [1.82, 2.24) is 0 Å². The van der Waals surface area contributed by atoms with E-state index in [0.717, 1.165) is 12.4 Å². The summed E-state index contributed by atoms with van der Waals surface area (Å²) in [5, 5.41) is 0. The molecular formula is C11H16O2S. The van der Waals surface area contributed by atoms with Crippen LogP contribution >= 0.6 is 11.8 Å². The van der Waals surface area contributed by atoms with Crippen molar-refractivity contribution in [3.8, 4) is 0 Å².